The van der Waals surface area contributed by atoms with Gasteiger partial charge in [-0.25, -0.2) is 0 Å². The van der Waals surface area contributed by atoms with Crippen molar-refractivity contribution in [3.05, 3.63) is 28.3 Å². The van der Waals surface area contributed by atoms with Gasteiger partial charge < -0.3 is 43.4 Å². The Hall–Kier alpha value is -3.66. The lowest BCUT2D eigenvalue weighted by Crippen LogP contribution is -2.54. The zero-order chi connectivity index (χ0) is 26.0. The Balaban J connectivity index is 1.69. The van der Waals surface area contributed by atoms with Gasteiger partial charge in [-0.3, -0.25) is 14.9 Å². The lowest BCUT2D eigenvalue weighted by molar-refractivity contribution is -0.383. The molecule has 0 radical (unpaired) electrons. The Kier molecular flexibility index (Phi) is 7.44. The number of piperidine rings is 2. The van der Waals surface area contributed by atoms with E-state index in [1.165, 1.54) is 19.1 Å². The predicted octanol–water partition coefficient (Wildman–Crippen LogP) is -0.789. The number of aromatic nitrogens is 3. The first-order chi connectivity index (χ1) is 17.1. The van der Waals surface area contributed by atoms with Crippen molar-refractivity contribution in [3.63, 3.8) is 0 Å². The molecule has 10 N–H and O–H groups in total. The van der Waals surface area contributed by atoms with Crippen LogP contribution in [0.1, 0.15) is 19.8 Å². The van der Waals surface area contributed by atoms with Gasteiger partial charge in [0.05, 0.1) is 4.92 Å². The number of rotatable bonds is 6. The monoisotopic (exact) mass is 500 g/mol. The average molecular weight is 501 g/mol. The highest BCUT2D eigenvalue weighted by Gasteiger charge is 2.29. The van der Waals surface area contributed by atoms with E-state index in [1.54, 1.807) is 6.07 Å². The Morgan fingerprint density at radius 2 is 1.44 bits per heavy atom. The van der Waals surface area contributed by atoms with E-state index < -0.39 is 10.8 Å². The fraction of sp³-hybridized carbons (Fsp3) is 0.524. The van der Waals surface area contributed by atoms with E-state index in [9.17, 15) is 14.9 Å². The second-order valence-electron chi connectivity index (χ2n) is 9.38. The van der Waals surface area contributed by atoms with Gasteiger partial charge in [-0.15, -0.1) is 0 Å². The fourth-order valence-electron chi connectivity index (χ4n) is 4.56. The van der Waals surface area contributed by atoms with Crippen molar-refractivity contribution in [2.24, 2.45) is 22.9 Å². The molecule has 0 spiro atoms. The van der Waals surface area contributed by atoms with Gasteiger partial charge in [-0.1, -0.05) is 0 Å². The molecule has 2 fully saturated rings. The highest BCUT2D eigenvalue weighted by molar-refractivity contribution is 5.92. The number of nitrogens with zero attached hydrogens (tertiary/aromatic N) is 6. The molecule has 15 nitrogen and oxygen atoms in total. The molecular formula is C21H32N12O3. The molecule has 194 valence electrons. The molecule has 2 saturated heterocycles. The number of nitrogens with one attached hydrogen (secondary N) is 2. The van der Waals surface area contributed by atoms with Gasteiger partial charge in [-0.2, -0.15) is 15.0 Å². The standard InChI is InChI=1S/C21H32N12O3/c1-11(34)26-17-3-2-16(6-18(17)33(35)36)27-19-28-20(31-7-12(22)4-13(23)8-31)30-21(29-19)32-9-14(24)5-15(25)10-32/h2-3,6,12-15H,4-5,7-10,22-25H2,1H3,(H,26,34)(H,27,28,29,30)/t12-,13+,14-,15+. The van der Waals surface area contributed by atoms with Crippen LogP contribution in [0.15, 0.2) is 18.2 Å². The summed E-state index contributed by atoms with van der Waals surface area (Å²) in [7, 11) is 0. The van der Waals surface area contributed by atoms with Crippen molar-refractivity contribution in [3.8, 4) is 0 Å². The van der Waals surface area contributed by atoms with Crippen LogP contribution >= 0.6 is 0 Å². The maximum atomic E-state index is 11.6. The van der Waals surface area contributed by atoms with Crippen LogP contribution < -0.4 is 43.4 Å². The number of benzene rings is 1. The van der Waals surface area contributed by atoms with Crippen molar-refractivity contribution >= 4 is 40.8 Å². The topological polar surface area (TPSA) is 234 Å². The Morgan fingerprint density at radius 3 is 1.89 bits per heavy atom. The molecule has 3 heterocycles. The third kappa shape index (κ3) is 6.12. The summed E-state index contributed by atoms with van der Waals surface area (Å²) in [6, 6.07) is 3.79. The quantitative estimate of drug-likeness (QED) is 0.211. The van der Waals surface area contributed by atoms with Gasteiger partial charge in [0, 0.05) is 69.0 Å². The number of nitro groups is 1. The van der Waals surface area contributed by atoms with E-state index in [-0.39, 0.29) is 41.5 Å². The number of hydrogen-bond donors (Lipinski definition) is 6. The first-order valence-corrected chi connectivity index (χ1v) is 11.7. The molecular weight excluding hydrogens is 468 g/mol. The van der Waals surface area contributed by atoms with Gasteiger partial charge in [0.25, 0.3) is 5.69 Å². The first-order valence-electron chi connectivity index (χ1n) is 11.7. The van der Waals surface area contributed by atoms with Crippen molar-refractivity contribution < 1.29 is 9.72 Å². The SMILES string of the molecule is CC(=O)Nc1ccc(Nc2nc(N3C[C@H](N)C[C@H](N)C3)nc(N3C[C@H](N)C[C@H](N)C3)n2)cc1[N+](=O)[O-]. The first kappa shape index (κ1) is 25.4. The number of amides is 1. The maximum absolute atomic E-state index is 11.6. The number of carbonyl (C=O) groups is 1. The minimum absolute atomic E-state index is 0.0858. The normalized spacial score (nSPS) is 24.4. The fourth-order valence-corrected chi connectivity index (χ4v) is 4.56. The third-order valence-electron chi connectivity index (χ3n) is 5.97. The molecule has 4 atom stereocenters. The smallest absolute Gasteiger partial charge is 0.294 e. The van der Waals surface area contributed by atoms with Crippen LogP contribution in [0.4, 0.5) is 34.9 Å². The summed E-state index contributed by atoms with van der Waals surface area (Å²) < 4.78 is 0. The lowest BCUT2D eigenvalue weighted by Gasteiger charge is -2.37. The summed E-state index contributed by atoms with van der Waals surface area (Å²) in [5.74, 6) is 0.522. The second kappa shape index (κ2) is 10.5. The van der Waals surface area contributed by atoms with Gasteiger partial charge in [0.1, 0.15) is 5.69 Å². The van der Waals surface area contributed by atoms with Gasteiger partial charge >= 0.3 is 0 Å². The maximum Gasteiger partial charge on any atom is 0.294 e. The van der Waals surface area contributed by atoms with Gasteiger partial charge in [-0.05, 0) is 25.0 Å². The molecule has 1 aromatic heterocycles. The minimum Gasteiger partial charge on any atom is -0.338 e. The molecule has 15 heteroatoms. The summed E-state index contributed by atoms with van der Waals surface area (Å²) in [6.07, 6.45) is 1.39. The summed E-state index contributed by atoms with van der Waals surface area (Å²) in [4.78, 5) is 40.0. The van der Waals surface area contributed by atoms with Crippen molar-refractivity contribution in [1.82, 2.24) is 15.0 Å². The Bertz CT molecular complexity index is 1070. The van der Waals surface area contributed by atoms with Crippen LogP contribution in [-0.4, -0.2) is 76.1 Å². The highest BCUT2D eigenvalue weighted by atomic mass is 16.6. The summed E-state index contributed by atoms with van der Waals surface area (Å²) in [5.41, 5.74) is 24.9. The molecule has 0 aliphatic carbocycles. The van der Waals surface area contributed by atoms with Crippen LogP contribution in [0.5, 0.6) is 0 Å². The third-order valence-corrected chi connectivity index (χ3v) is 5.97. The molecule has 2 aromatic rings. The number of carbonyl (C=O) groups excluding carboxylic acids is 1. The molecule has 2 aliphatic heterocycles. The lowest BCUT2D eigenvalue weighted by atomic mass is 10.0. The second-order valence-corrected chi connectivity index (χ2v) is 9.38. The molecule has 2 aliphatic rings. The van der Waals surface area contributed by atoms with Crippen LogP contribution in [0.2, 0.25) is 0 Å². The zero-order valence-electron chi connectivity index (χ0n) is 20.0. The van der Waals surface area contributed by atoms with Crippen molar-refractivity contribution in [1.29, 1.82) is 0 Å². The Morgan fingerprint density at radius 1 is 0.944 bits per heavy atom. The molecule has 1 amide bonds. The zero-order valence-corrected chi connectivity index (χ0v) is 20.0. The van der Waals surface area contributed by atoms with E-state index in [0.717, 1.165) is 0 Å². The molecule has 0 saturated carbocycles. The van der Waals surface area contributed by atoms with Crippen LogP contribution in [0, 0.1) is 10.1 Å². The van der Waals surface area contributed by atoms with Crippen molar-refractivity contribution in [2.75, 3.05) is 46.6 Å². The molecule has 4 rings (SSSR count). The number of hydrogen-bond acceptors (Lipinski definition) is 13. The molecule has 36 heavy (non-hydrogen) atoms. The largest absolute Gasteiger partial charge is 0.338 e. The van der Waals surface area contributed by atoms with E-state index in [4.69, 9.17) is 22.9 Å². The van der Waals surface area contributed by atoms with Gasteiger partial charge in [0.15, 0.2) is 0 Å². The van der Waals surface area contributed by atoms with Gasteiger partial charge in [0.2, 0.25) is 23.8 Å². The van der Waals surface area contributed by atoms with E-state index in [2.05, 4.69) is 25.6 Å². The summed E-state index contributed by atoms with van der Waals surface area (Å²) >= 11 is 0. The number of anilines is 5. The van der Waals surface area contributed by atoms with Crippen LogP contribution in [0.25, 0.3) is 0 Å². The molecule has 0 unspecified atom stereocenters. The van der Waals surface area contributed by atoms with E-state index >= 15 is 0 Å². The number of nitro benzene ring substituents is 1. The summed E-state index contributed by atoms with van der Waals surface area (Å²) in [5, 5.41) is 17.1. The van der Waals surface area contributed by atoms with Crippen molar-refractivity contribution in [2.45, 2.75) is 43.9 Å². The summed E-state index contributed by atoms with van der Waals surface area (Å²) in [6.45, 7) is 3.36. The van der Waals surface area contributed by atoms with E-state index in [0.29, 0.717) is 56.6 Å². The number of nitrogens with two attached hydrogens (primary N) is 4. The highest BCUT2D eigenvalue weighted by Crippen LogP contribution is 2.30. The van der Waals surface area contributed by atoms with E-state index in [1.807, 2.05) is 9.80 Å². The Labute approximate surface area is 207 Å². The van der Waals surface area contributed by atoms with Crippen LogP contribution in [0.3, 0.4) is 0 Å². The minimum atomic E-state index is -0.576. The molecule has 0 bridgehead atoms. The molecule has 1 aromatic carbocycles. The van der Waals surface area contributed by atoms with Crippen LogP contribution in [-0.2, 0) is 4.79 Å². The average Bonchev–Trinajstić information content (AvgIpc) is 2.78. The predicted molar refractivity (Wildman–Crippen MR) is 136 cm³/mol.